The quantitative estimate of drug-likeness (QED) is 0.338. The van der Waals surface area contributed by atoms with Gasteiger partial charge >= 0.3 is 11.8 Å². The SMILES string of the molecule is CCc1ccc(/C=N/NC(=O)C(=O)NCCCOC)cc1. The average molecular weight is 291 g/mol. The first-order valence-electron chi connectivity index (χ1n) is 6.86. The molecule has 1 aromatic carbocycles. The standard InChI is InChI=1S/C15H21N3O3/c1-3-12-5-7-13(8-6-12)11-17-18-15(20)14(19)16-9-4-10-21-2/h5-8,11H,3-4,9-10H2,1-2H3,(H,16,19)(H,18,20)/b17-11+. The van der Waals surface area contributed by atoms with Gasteiger partial charge in [0.2, 0.25) is 0 Å². The van der Waals surface area contributed by atoms with Crippen molar-refractivity contribution in [3.63, 3.8) is 0 Å². The fourth-order valence-corrected chi connectivity index (χ4v) is 1.55. The zero-order chi connectivity index (χ0) is 15.5. The molecule has 1 rings (SSSR count). The highest BCUT2D eigenvalue weighted by Gasteiger charge is 2.10. The Hall–Kier alpha value is -2.21. The number of aryl methyl sites for hydroxylation is 1. The number of hydrogen-bond acceptors (Lipinski definition) is 4. The van der Waals surface area contributed by atoms with Gasteiger partial charge in [-0.2, -0.15) is 5.10 Å². The maximum Gasteiger partial charge on any atom is 0.329 e. The minimum Gasteiger partial charge on any atom is -0.385 e. The second-order valence-corrected chi connectivity index (χ2v) is 4.40. The summed E-state index contributed by atoms with van der Waals surface area (Å²) in [6, 6.07) is 7.79. The van der Waals surface area contributed by atoms with Crippen LogP contribution in [0.25, 0.3) is 0 Å². The van der Waals surface area contributed by atoms with Crippen molar-refractivity contribution in [1.29, 1.82) is 0 Å². The Balaban J connectivity index is 2.33. The van der Waals surface area contributed by atoms with Crippen LogP contribution in [-0.4, -0.2) is 38.3 Å². The zero-order valence-corrected chi connectivity index (χ0v) is 12.4. The van der Waals surface area contributed by atoms with E-state index in [0.29, 0.717) is 19.6 Å². The van der Waals surface area contributed by atoms with Crippen LogP contribution in [-0.2, 0) is 20.7 Å². The molecule has 0 saturated carbocycles. The molecule has 0 bridgehead atoms. The second-order valence-electron chi connectivity index (χ2n) is 4.40. The molecule has 6 heteroatoms. The van der Waals surface area contributed by atoms with Gasteiger partial charge in [0.25, 0.3) is 0 Å². The molecule has 2 N–H and O–H groups in total. The first-order valence-corrected chi connectivity index (χ1v) is 6.86. The van der Waals surface area contributed by atoms with Crippen LogP contribution in [0, 0.1) is 0 Å². The molecular formula is C15H21N3O3. The van der Waals surface area contributed by atoms with Gasteiger partial charge < -0.3 is 10.1 Å². The van der Waals surface area contributed by atoms with E-state index in [4.69, 9.17) is 4.74 Å². The summed E-state index contributed by atoms with van der Waals surface area (Å²) in [5.74, 6) is -1.49. The van der Waals surface area contributed by atoms with E-state index in [1.807, 2.05) is 24.3 Å². The summed E-state index contributed by atoms with van der Waals surface area (Å²) in [5, 5.41) is 6.23. The number of ether oxygens (including phenoxy) is 1. The van der Waals surface area contributed by atoms with E-state index in [-0.39, 0.29) is 0 Å². The Morgan fingerprint density at radius 3 is 2.57 bits per heavy atom. The fraction of sp³-hybridized carbons (Fsp3) is 0.400. The third-order valence-electron chi connectivity index (χ3n) is 2.78. The normalized spacial score (nSPS) is 10.6. The number of benzene rings is 1. The van der Waals surface area contributed by atoms with Gasteiger partial charge in [0.05, 0.1) is 6.21 Å². The van der Waals surface area contributed by atoms with E-state index in [1.165, 1.54) is 11.8 Å². The monoisotopic (exact) mass is 291 g/mol. The van der Waals surface area contributed by atoms with Crippen LogP contribution in [0.5, 0.6) is 0 Å². The number of amides is 2. The Morgan fingerprint density at radius 2 is 1.95 bits per heavy atom. The lowest BCUT2D eigenvalue weighted by Gasteiger charge is -2.03. The van der Waals surface area contributed by atoms with Crippen LogP contribution in [0.3, 0.4) is 0 Å². The zero-order valence-electron chi connectivity index (χ0n) is 12.4. The highest BCUT2D eigenvalue weighted by molar-refractivity contribution is 6.35. The van der Waals surface area contributed by atoms with Crippen LogP contribution >= 0.6 is 0 Å². The smallest absolute Gasteiger partial charge is 0.329 e. The van der Waals surface area contributed by atoms with Gasteiger partial charge in [0.1, 0.15) is 0 Å². The fourth-order valence-electron chi connectivity index (χ4n) is 1.55. The molecule has 0 aromatic heterocycles. The van der Waals surface area contributed by atoms with Crippen LogP contribution in [0.15, 0.2) is 29.4 Å². The van der Waals surface area contributed by atoms with Crippen molar-refractivity contribution in [3.8, 4) is 0 Å². The average Bonchev–Trinajstić information content (AvgIpc) is 2.52. The summed E-state index contributed by atoms with van der Waals surface area (Å²) in [5.41, 5.74) is 4.27. The minimum atomic E-state index is -0.783. The lowest BCUT2D eigenvalue weighted by molar-refractivity contribution is -0.139. The summed E-state index contributed by atoms with van der Waals surface area (Å²) in [6.07, 6.45) is 3.12. The second kappa shape index (κ2) is 9.66. The molecule has 0 heterocycles. The van der Waals surface area contributed by atoms with Crippen LogP contribution < -0.4 is 10.7 Å². The Bertz CT molecular complexity index is 483. The number of carbonyl (C=O) groups excluding carboxylic acids is 2. The van der Waals surface area contributed by atoms with Crippen molar-refractivity contribution in [3.05, 3.63) is 35.4 Å². The predicted molar refractivity (Wildman–Crippen MR) is 81.1 cm³/mol. The van der Waals surface area contributed by atoms with E-state index in [1.54, 1.807) is 7.11 Å². The molecular weight excluding hydrogens is 270 g/mol. The van der Waals surface area contributed by atoms with E-state index in [9.17, 15) is 9.59 Å². The molecule has 0 fully saturated rings. The topological polar surface area (TPSA) is 79.8 Å². The van der Waals surface area contributed by atoms with Gasteiger partial charge in [-0.25, -0.2) is 5.43 Å². The highest BCUT2D eigenvalue weighted by atomic mass is 16.5. The molecule has 0 saturated heterocycles. The summed E-state index contributed by atoms with van der Waals surface area (Å²) in [4.78, 5) is 22.8. The van der Waals surface area contributed by atoms with Gasteiger partial charge in [0.15, 0.2) is 0 Å². The lowest BCUT2D eigenvalue weighted by Crippen LogP contribution is -2.38. The van der Waals surface area contributed by atoms with Gasteiger partial charge in [-0.3, -0.25) is 9.59 Å². The summed E-state index contributed by atoms with van der Waals surface area (Å²) in [6.45, 7) is 3.00. The van der Waals surface area contributed by atoms with Crippen molar-refractivity contribution < 1.29 is 14.3 Å². The molecule has 0 aliphatic heterocycles. The molecule has 2 amide bonds. The third kappa shape index (κ3) is 6.67. The molecule has 0 unspecified atom stereocenters. The van der Waals surface area contributed by atoms with Crippen LogP contribution in [0.4, 0.5) is 0 Å². The molecule has 0 spiro atoms. The Labute approximate surface area is 124 Å². The minimum absolute atomic E-state index is 0.391. The molecule has 0 radical (unpaired) electrons. The van der Waals surface area contributed by atoms with E-state index >= 15 is 0 Å². The number of hydrogen-bond donors (Lipinski definition) is 2. The van der Waals surface area contributed by atoms with E-state index in [2.05, 4.69) is 22.8 Å². The molecule has 0 atom stereocenters. The maximum absolute atomic E-state index is 11.4. The number of rotatable bonds is 7. The number of nitrogens with zero attached hydrogens (tertiary/aromatic N) is 1. The number of nitrogens with one attached hydrogen (secondary N) is 2. The van der Waals surface area contributed by atoms with Gasteiger partial charge in [-0.05, 0) is 24.0 Å². The maximum atomic E-state index is 11.4. The third-order valence-corrected chi connectivity index (χ3v) is 2.78. The summed E-state index contributed by atoms with van der Waals surface area (Å²) < 4.78 is 4.84. The predicted octanol–water partition coefficient (Wildman–Crippen LogP) is 0.852. The summed E-state index contributed by atoms with van der Waals surface area (Å²) >= 11 is 0. The molecule has 0 aliphatic rings. The van der Waals surface area contributed by atoms with Crippen LogP contribution in [0.1, 0.15) is 24.5 Å². The van der Waals surface area contributed by atoms with Gasteiger partial charge in [-0.1, -0.05) is 31.2 Å². The van der Waals surface area contributed by atoms with Gasteiger partial charge in [-0.15, -0.1) is 0 Å². The van der Waals surface area contributed by atoms with Crippen molar-refractivity contribution in [2.24, 2.45) is 5.10 Å². The largest absolute Gasteiger partial charge is 0.385 e. The molecule has 0 aliphatic carbocycles. The van der Waals surface area contributed by atoms with Gasteiger partial charge in [0, 0.05) is 20.3 Å². The molecule has 1 aromatic rings. The first-order chi connectivity index (χ1) is 10.2. The van der Waals surface area contributed by atoms with E-state index in [0.717, 1.165) is 12.0 Å². The number of methoxy groups -OCH3 is 1. The highest BCUT2D eigenvalue weighted by Crippen LogP contribution is 2.02. The lowest BCUT2D eigenvalue weighted by atomic mass is 10.1. The Morgan fingerprint density at radius 1 is 1.24 bits per heavy atom. The molecule has 114 valence electrons. The van der Waals surface area contributed by atoms with Crippen molar-refractivity contribution in [1.82, 2.24) is 10.7 Å². The molecule has 6 nitrogen and oxygen atoms in total. The van der Waals surface area contributed by atoms with E-state index < -0.39 is 11.8 Å². The Kier molecular flexibility index (Phi) is 7.74. The first kappa shape index (κ1) is 16.8. The van der Waals surface area contributed by atoms with Crippen molar-refractivity contribution in [2.75, 3.05) is 20.3 Å². The molecule has 21 heavy (non-hydrogen) atoms. The number of carbonyl (C=O) groups is 2. The van der Waals surface area contributed by atoms with Crippen LogP contribution in [0.2, 0.25) is 0 Å². The van der Waals surface area contributed by atoms with Crippen molar-refractivity contribution in [2.45, 2.75) is 19.8 Å². The number of hydrazone groups is 1. The summed E-state index contributed by atoms with van der Waals surface area (Å²) in [7, 11) is 1.58. The van der Waals surface area contributed by atoms with Crippen molar-refractivity contribution >= 4 is 18.0 Å².